The van der Waals surface area contributed by atoms with Crippen LogP contribution in [0.2, 0.25) is 0 Å². The van der Waals surface area contributed by atoms with Crippen LogP contribution in [-0.4, -0.2) is 9.78 Å². The summed E-state index contributed by atoms with van der Waals surface area (Å²) >= 11 is 0. The first-order chi connectivity index (χ1) is 6.74. The van der Waals surface area contributed by atoms with Crippen LogP contribution >= 0.6 is 0 Å². The van der Waals surface area contributed by atoms with Crippen molar-refractivity contribution < 1.29 is 0 Å². The molecule has 1 aromatic rings. The van der Waals surface area contributed by atoms with E-state index in [0.717, 1.165) is 12.2 Å². The van der Waals surface area contributed by atoms with E-state index in [-0.39, 0.29) is 6.04 Å². The number of nitrogens with zero attached hydrogens (tertiary/aromatic N) is 2. The summed E-state index contributed by atoms with van der Waals surface area (Å²) in [5, 5.41) is 4.40. The number of aromatic nitrogens is 2. The van der Waals surface area contributed by atoms with Crippen LogP contribution in [0.3, 0.4) is 0 Å². The van der Waals surface area contributed by atoms with Crippen molar-refractivity contribution in [3.05, 3.63) is 18.0 Å². The minimum Gasteiger partial charge on any atom is -0.323 e. The Morgan fingerprint density at radius 1 is 1.43 bits per heavy atom. The standard InChI is InChI=1S/C11H21N3/c1-3-4-5-6-8-14-9-7-11(13-14)10(2)12/h7,9-10H,3-6,8,12H2,1-2H3. The highest BCUT2D eigenvalue weighted by molar-refractivity contribution is 5.02. The average Bonchev–Trinajstić information content (AvgIpc) is 2.61. The number of unbranched alkanes of at least 4 members (excludes halogenated alkanes) is 3. The molecule has 1 rings (SSSR count). The number of nitrogens with two attached hydrogens (primary N) is 1. The van der Waals surface area contributed by atoms with E-state index in [0.29, 0.717) is 0 Å². The van der Waals surface area contributed by atoms with Gasteiger partial charge in [0.25, 0.3) is 0 Å². The van der Waals surface area contributed by atoms with Gasteiger partial charge in [-0.05, 0) is 19.4 Å². The van der Waals surface area contributed by atoms with Crippen LogP contribution in [0.15, 0.2) is 12.3 Å². The van der Waals surface area contributed by atoms with Crippen molar-refractivity contribution in [1.29, 1.82) is 0 Å². The van der Waals surface area contributed by atoms with E-state index in [9.17, 15) is 0 Å². The monoisotopic (exact) mass is 195 g/mol. The van der Waals surface area contributed by atoms with Crippen molar-refractivity contribution in [2.45, 2.75) is 52.1 Å². The summed E-state index contributed by atoms with van der Waals surface area (Å²) in [6.07, 6.45) is 7.13. The zero-order valence-corrected chi connectivity index (χ0v) is 9.24. The molecule has 1 heterocycles. The lowest BCUT2D eigenvalue weighted by Crippen LogP contribution is -2.07. The average molecular weight is 195 g/mol. The molecular formula is C11H21N3. The molecule has 0 aromatic carbocycles. The van der Waals surface area contributed by atoms with Gasteiger partial charge < -0.3 is 5.73 Å². The molecule has 14 heavy (non-hydrogen) atoms. The number of hydrogen-bond acceptors (Lipinski definition) is 2. The lowest BCUT2D eigenvalue weighted by molar-refractivity contribution is 0.533. The van der Waals surface area contributed by atoms with Crippen LogP contribution in [0.4, 0.5) is 0 Å². The second-order valence-corrected chi connectivity index (χ2v) is 3.85. The Balaban J connectivity index is 2.29. The van der Waals surface area contributed by atoms with Gasteiger partial charge >= 0.3 is 0 Å². The van der Waals surface area contributed by atoms with Crippen LogP contribution < -0.4 is 5.73 Å². The van der Waals surface area contributed by atoms with E-state index in [1.807, 2.05) is 23.9 Å². The van der Waals surface area contributed by atoms with Crippen LogP contribution in [0.1, 0.15) is 51.3 Å². The van der Waals surface area contributed by atoms with E-state index >= 15 is 0 Å². The third-order valence-corrected chi connectivity index (χ3v) is 2.37. The molecule has 0 fully saturated rings. The Bertz CT molecular complexity index is 253. The molecule has 0 aliphatic carbocycles. The Kier molecular flexibility index (Phi) is 4.66. The summed E-state index contributed by atoms with van der Waals surface area (Å²) in [6, 6.07) is 2.05. The number of hydrogen-bond donors (Lipinski definition) is 1. The summed E-state index contributed by atoms with van der Waals surface area (Å²) in [7, 11) is 0. The predicted molar refractivity (Wildman–Crippen MR) is 59.0 cm³/mol. The van der Waals surface area contributed by atoms with Crippen LogP contribution in [-0.2, 0) is 6.54 Å². The Morgan fingerprint density at radius 2 is 2.21 bits per heavy atom. The van der Waals surface area contributed by atoms with Crippen LogP contribution in [0.5, 0.6) is 0 Å². The topological polar surface area (TPSA) is 43.8 Å². The zero-order valence-electron chi connectivity index (χ0n) is 9.24. The molecule has 0 saturated carbocycles. The summed E-state index contributed by atoms with van der Waals surface area (Å²) in [4.78, 5) is 0. The summed E-state index contributed by atoms with van der Waals surface area (Å²) < 4.78 is 1.99. The third-order valence-electron chi connectivity index (χ3n) is 2.37. The largest absolute Gasteiger partial charge is 0.323 e. The quantitative estimate of drug-likeness (QED) is 0.709. The molecule has 2 N–H and O–H groups in total. The maximum atomic E-state index is 5.73. The van der Waals surface area contributed by atoms with Gasteiger partial charge in [-0.25, -0.2) is 0 Å². The molecule has 80 valence electrons. The first-order valence-corrected chi connectivity index (χ1v) is 5.53. The first-order valence-electron chi connectivity index (χ1n) is 5.53. The highest BCUT2D eigenvalue weighted by atomic mass is 15.3. The molecule has 0 bridgehead atoms. The third kappa shape index (κ3) is 3.50. The first kappa shape index (κ1) is 11.2. The molecule has 0 aliphatic heterocycles. The Hall–Kier alpha value is -0.830. The van der Waals surface area contributed by atoms with Gasteiger partial charge in [-0.1, -0.05) is 26.2 Å². The lowest BCUT2D eigenvalue weighted by atomic mass is 10.2. The van der Waals surface area contributed by atoms with Gasteiger partial charge in [0.05, 0.1) is 5.69 Å². The minimum atomic E-state index is 0.0480. The normalized spacial score (nSPS) is 13.1. The second-order valence-electron chi connectivity index (χ2n) is 3.85. The highest BCUT2D eigenvalue weighted by Gasteiger charge is 2.02. The molecule has 3 heteroatoms. The maximum Gasteiger partial charge on any atom is 0.0788 e. The van der Waals surface area contributed by atoms with Gasteiger partial charge in [0, 0.05) is 18.8 Å². The van der Waals surface area contributed by atoms with E-state index < -0.39 is 0 Å². The SMILES string of the molecule is CCCCCCn1ccc(C(C)N)n1. The van der Waals surface area contributed by atoms with Gasteiger partial charge in [-0.2, -0.15) is 5.10 Å². The number of rotatable bonds is 6. The van der Waals surface area contributed by atoms with E-state index in [4.69, 9.17) is 5.73 Å². The van der Waals surface area contributed by atoms with Crippen molar-refractivity contribution in [3.63, 3.8) is 0 Å². The van der Waals surface area contributed by atoms with Gasteiger partial charge in [0.1, 0.15) is 0 Å². The fourth-order valence-electron chi connectivity index (χ4n) is 1.45. The van der Waals surface area contributed by atoms with Crippen molar-refractivity contribution in [1.82, 2.24) is 9.78 Å². The van der Waals surface area contributed by atoms with Gasteiger partial charge in [-0.15, -0.1) is 0 Å². The fraction of sp³-hybridized carbons (Fsp3) is 0.727. The molecule has 0 aliphatic rings. The number of aryl methyl sites for hydroxylation is 1. The second kappa shape index (κ2) is 5.81. The van der Waals surface area contributed by atoms with Crippen LogP contribution in [0.25, 0.3) is 0 Å². The summed E-state index contributed by atoms with van der Waals surface area (Å²) in [5.74, 6) is 0. The molecule has 1 unspecified atom stereocenters. The van der Waals surface area contributed by atoms with E-state index in [1.165, 1.54) is 25.7 Å². The molecule has 0 spiro atoms. The van der Waals surface area contributed by atoms with E-state index in [2.05, 4.69) is 12.0 Å². The molecule has 1 aromatic heterocycles. The predicted octanol–water partition coefficient (Wildman–Crippen LogP) is 2.48. The summed E-state index contributed by atoms with van der Waals surface area (Å²) in [6.45, 7) is 5.21. The van der Waals surface area contributed by atoms with Crippen molar-refractivity contribution in [2.75, 3.05) is 0 Å². The molecule has 0 radical (unpaired) electrons. The fourth-order valence-corrected chi connectivity index (χ4v) is 1.45. The van der Waals surface area contributed by atoms with Crippen LogP contribution in [0, 0.1) is 0 Å². The van der Waals surface area contributed by atoms with Crippen molar-refractivity contribution >= 4 is 0 Å². The molecule has 0 amide bonds. The molecule has 3 nitrogen and oxygen atoms in total. The summed E-state index contributed by atoms with van der Waals surface area (Å²) in [5.41, 5.74) is 6.71. The zero-order chi connectivity index (χ0) is 10.4. The highest BCUT2D eigenvalue weighted by Crippen LogP contribution is 2.06. The van der Waals surface area contributed by atoms with Gasteiger partial charge in [0.2, 0.25) is 0 Å². The van der Waals surface area contributed by atoms with E-state index in [1.54, 1.807) is 0 Å². The van der Waals surface area contributed by atoms with Gasteiger partial charge in [0.15, 0.2) is 0 Å². The van der Waals surface area contributed by atoms with Crippen molar-refractivity contribution in [2.24, 2.45) is 5.73 Å². The smallest absolute Gasteiger partial charge is 0.0788 e. The van der Waals surface area contributed by atoms with Crippen molar-refractivity contribution in [3.8, 4) is 0 Å². The lowest BCUT2D eigenvalue weighted by Gasteiger charge is -2.01. The Morgan fingerprint density at radius 3 is 2.79 bits per heavy atom. The molecule has 0 saturated heterocycles. The minimum absolute atomic E-state index is 0.0480. The molecular weight excluding hydrogens is 174 g/mol. The van der Waals surface area contributed by atoms with Gasteiger partial charge in [-0.3, -0.25) is 4.68 Å². The maximum absolute atomic E-state index is 5.73. The molecule has 1 atom stereocenters. The Labute approximate surface area is 86.3 Å².